The molecule has 0 fully saturated rings. The van der Waals surface area contributed by atoms with Crippen molar-refractivity contribution < 1.29 is 4.79 Å². The van der Waals surface area contributed by atoms with Crippen molar-refractivity contribution in [3.63, 3.8) is 0 Å². The smallest absolute Gasteiger partial charge is 0.222 e. The third-order valence-corrected chi connectivity index (χ3v) is 3.64. The summed E-state index contributed by atoms with van der Waals surface area (Å²) in [6.45, 7) is 2.71. The number of thiazole rings is 1. The lowest BCUT2D eigenvalue weighted by Crippen LogP contribution is -2.24. The van der Waals surface area contributed by atoms with Gasteiger partial charge < -0.3 is 5.32 Å². The maximum absolute atomic E-state index is 11.8. The van der Waals surface area contributed by atoms with Gasteiger partial charge in [-0.3, -0.25) is 9.20 Å². The first-order chi connectivity index (χ1) is 9.72. The van der Waals surface area contributed by atoms with Crippen molar-refractivity contribution in [2.75, 3.05) is 0 Å². The van der Waals surface area contributed by atoms with Crippen LogP contribution in [0.4, 0.5) is 0 Å². The monoisotopic (exact) mass is 291 g/mol. The van der Waals surface area contributed by atoms with E-state index < -0.39 is 0 Å². The number of carbonyl (C=O) groups excluding carboxylic acids is 1. The summed E-state index contributed by atoms with van der Waals surface area (Å²) in [6, 6.07) is 0. The van der Waals surface area contributed by atoms with Gasteiger partial charge in [0.1, 0.15) is 5.82 Å². The zero-order valence-electron chi connectivity index (χ0n) is 10.9. The van der Waals surface area contributed by atoms with Gasteiger partial charge in [-0.25, -0.2) is 9.67 Å². The second-order valence-electron chi connectivity index (χ2n) is 4.30. The molecule has 0 aliphatic rings. The van der Waals surface area contributed by atoms with Gasteiger partial charge in [0.15, 0.2) is 4.96 Å². The van der Waals surface area contributed by atoms with Crippen molar-refractivity contribution in [1.82, 2.24) is 34.9 Å². The molecule has 0 unspecified atom stereocenters. The van der Waals surface area contributed by atoms with Gasteiger partial charge in [0.2, 0.25) is 5.91 Å². The molecule has 3 aromatic rings. The number of nitrogens with zero attached hydrogens (tertiary/aromatic N) is 6. The van der Waals surface area contributed by atoms with Crippen molar-refractivity contribution in [3.8, 4) is 0 Å². The highest BCUT2D eigenvalue weighted by Gasteiger charge is 2.07. The number of hydrogen-bond donors (Lipinski definition) is 1. The van der Waals surface area contributed by atoms with E-state index in [4.69, 9.17) is 0 Å². The van der Waals surface area contributed by atoms with Crippen LogP contribution in [0.5, 0.6) is 0 Å². The fraction of sp³-hybridized carbons (Fsp3) is 0.364. The summed E-state index contributed by atoms with van der Waals surface area (Å²) >= 11 is 1.57. The van der Waals surface area contributed by atoms with Gasteiger partial charge >= 0.3 is 0 Å². The first-order valence-corrected chi connectivity index (χ1v) is 7.01. The molecular formula is C11H13N7OS. The molecule has 0 aliphatic carbocycles. The maximum atomic E-state index is 11.8. The largest absolute Gasteiger partial charge is 0.350 e. The molecule has 3 aromatic heterocycles. The summed E-state index contributed by atoms with van der Waals surface area (Å²) in [5, 5.41) is 15.9. The number of imidazole rings is 1. The summed E-state index contributed by atoms with van der Waals surface area (Å²) in [5.41, 5.74) is 0.851. The highest BCUT2D eigenvalue weighted by atomic mass is 32.1. The Hall–Kier alpha value is -2.29. The van der Waals surface area contributed by atoms with Crippen LogP contribution in [-0.2, 0) is 17.9 Å². The molecule has 104 valence electrons. The minimum Gasteiger partial charge on any atom is -0.350 e. The summed E-state index contributed by atoms with van der Waals surface area (Å²) in [5.74, 6) is 0.656. The van der Waals surface area contributed by atoms with Crippen molar-refractivity contribution in [2.24, 2.45) is 0 Å². The molecule has 0 spiro atoms. The van der Waals surface area contributed by atoms with E-state index in [1.807, 2.05) is 22.2 Å². The second-order valence-corrected chi connectivity index (χ2v) is 5.17. The van der Waals surface area contributed by atoms with Gasteiger partial charge in [0, 0.05) is 24.2 Å². The molecule has 3 rings (SSSR count). The molecule has 0 aliphatic heterocycles. The molecule has 20 heavy (non-hydrogen) atoms. The number of tetrazole rings is 1. The number of fused-ring (bicyclic) bond motifs is 1. The molecule has 8 nitrogen and oxygen atoms in total. The number of rotatable bonds is 5. The van der Waals surface area contributed by atoms with Crippen LogP contribution < -0.4 is 5.32 Å². The van der Waals surface area contributed by atoms with Crippen LogP contribution in [0.25, 0.3) is 4.96 Å². The molecular weight excluding hydrogens is 278 g/mol. The molecule has 0 aromatic carbocycles. The van der Waals surface area contributed by atoms with Crippen LogP contribution in [0.1, 0.15) is 17.9 Å². The third kappa shape index (κ3) is 2.67. The van der Waals surface area contributed by atoms with Crippen molar-refractivity contribution in [2.45, 2.75) is 26.4 Å². The molecule has 0 saturated carbocycles. The van der Waals surface area contributed by atoms with E-state index in [2.05, 4.69) is 25.8 Å². The van der Waals surface area contributed by atoms with Gasteiger partial charge in [0.05, 0.1) is 18.8 Å². The Morgan fingerprint density at radius 1 is 1.50 bits per heavy atom. The van der Waals surface area contributed by atoms with E-state index in [0.29, 0.717) is 25.3 Å². The predicted molar refractivity (Wildman–Crippen MR) is 72.1 cm³/mol. The lowest BCUT2D eigenvalue weighted by Gasteiger charge is -2.03. The minimum atomic E-state index is -0.0451. The Morgan fingerprint density at radius 2 is 2.40 bits per heavy atom. The Labute approximate surface area is 118 Å². The highest BCUT2D eigenvalue weighted by molar-refractivity contribution is 7.15. The van der Waals surface area contributed by atoms with E-state index in [9.17, 15) is 4.79 Å². The Balaban J connectivity index is 1.49. The van der Waals surface area contributed by atoms with Gasteiger partial charge in [-0.05, 0) is 17.4 Å². The van der Waals surface area contributed by atoms with Crippen LogP contribution in [0.3, 0.4) is 0 Å². The van der Waals surface area contributed by atoms with Crippen LogP contribution in [0, 0.1) is 6.92 Å². The zero-order valence-corrected chi connectivity index (χ0v) is 11.7. The quantitative estimate of drug-likeness (QED) is 0.734. The van der Waals surface area contributed by atoms with Gasteiger partial charge in [0.25, 0.3) is 0 Å². The van der Waals surface area contributed by atoms with Gasteiger partial charge in [-0.1, -0.05) is 0 Å². The van der Waals surface area contributed by atoms with Gasteiger partial charge in [-0.2, -0.15) is 0 Å². The summed E-state index contributed by atoms with van der Waals surface area (Å²) < 4.78 is 3.54. The number of amides is 1. The molecule has 3 heterocycles. The fourth-order valence-corrected chi connectivity index (χ4v) is 2.52. The van der Waals surface area contributed by atoms with Crippen molar-refractivity contribution in [3.05, 3.63) is 29.3 Å². The maximum Gasteiger partial charge on any atom is 0.222 e. The number of aromatic nitrogens is 6. The normalized spacial score (nSPS) is 11.1. The lowest BCUT2D eigenvalue weighted by molar-refractivity contribution is -0.121. The SMILES string of the molecule is Cc1nnnn1CCC(=O)NCc1cn2ccsc2n1. The van der Waals surface area contributed by atoms with E-state index in [1.54, 1.807) is 22.9 Å². The molecule has 0 bridgehead atoms. The Kier molecular flexibility index (Phi) is 3.42. The standard InChI is InChI=1S/C11H13N7OS/c1-8-14-15-16-18(8)3-2-10(19)12-6-9-7-17-4-5-20-11(17)13-9/h4-5,7H,2-3,6H2,1H3,(H,12,19). The zero-order chi connectivity index (χ0) is 13.9. The van der Waals surface area contributed by atoms with E-state index in [0.717, 1.165) is 10.7 Å². The molecule has 1 amide bonds. The average molecular weight is 291 g/mol. The minimum absolute atomic E-state index is 0.0451. The van der Waals surface area contributed by atoms with Crippen molar-refractivity contribution >= 4 is 22.2 Å². The van der Waals surface area contributed by atoms with E-state index in [-0.39, 0.29) is 5.91 Å². The Morgan fingerprint density at radius 3 is 3.15 bits per heavy atom. The predicted octanol–water partition coefficient (Wildman–Crippen LogP) is 0.397. The van der Waals surface area contributed by atoms with Gasteiger partial charge in [-0.15, -0.1) is 16.4 Å². The summed E-state index contributed by atoms with van der Waals surface area (Å²) in [4.78, 5) is 17.1. The topological polar surface area (TPSA) is 90.0 Å². The second kappa shape index (κ2) is 5.37. The van der Waals surface area contributed by atoms with Crippen LogP contribution >= 0.6 is 11.3 Å². The summed E-state index contributed by atoms with van der Waals surface area (Å²) in [7, 11) is 0. The number of hydrogen-bond acceptors (Lipinski definition) is 6. The van der Waals surface area contributed by atoms with E-state index in [1.165, 1.54) is 0 Å². The molecule has 0 saturated heterocycles. The highest BCUT2D eigenvalue weighted by Crippen LogP contribution is 2.10. The number of nitrogens with one attached hydrogen (secondary N) is 1. The van der Waals surface area contributed by atoms with Crippen molar-refractivity contribution in [1.29, 1.82) is 0 Å². The first-order valence-electron chi connectivity index (χ1n) is 6.13. The Bertz CT molecular complexity index is 699. The number of carbonyl (C=O) groups is 1. The lowest BCUT2D eigenvalue weighted by atomic mass is 10.3. The average Bonchev–Trinajstić information content (AvgIpc) is 3.09. The third-order valence-electron chi connectivity index (χ3n) is 2.87. The van der Waals surface area contributed by atoms with E-state index >= 15 is 0 Å². The van der Waals surface area contributed by atoms with Crippen LogP contribution in [0.2, 0.25) is 0 Å². The van der Waals surface area contributed by atoms with Crippen LogP contribution in [0.15, 0.2) is 17.8 Å². The van der Waals surface area contributed by atoms with Crippen LogP contribution in [-0.4, -0.2) is 35.5 Å². The molecule has 0 radical (unpaired) electrons. The molecule has 0 atom stereocenters. The molecule has 1 N–H and O–H groups in total. The fourth-order valence-electron chi connectivity index (χ4n) is 1.80. The first kappa shape index (κ1) is 12.7. The summed E-state index contributed by atoms with van der Waals surface area (Å²) in [6.07, 6.45) is 4.20. The molecule has 9 heteroatoms. The number of aryl methyl sites for hydroxylation is 2.